The largest absolute Gasteiger partial charge is 0.312 e. The Kier molecular flexibility index (Phi) is 2.24. The van der Waals surface area contributed by atoms with Gasteiger partial charge >= 0.3 is 0 Å². The molecular weight excluding hydrogens is 252 g/mol. The zero-order chi connectivity index (χ0) is 14.1. The minimum Gasteiger partial charge on any atom is -0.312 e. The summed E-state index contributed by atoms with van der Waals surface area (Å²) in [7, 11) is 0. The molecule has 4 heteroatoms. The summed E-state index contributed by atoms with van der Waals surface area (Å²) in [5.74, 6) is -0.214. The Labute approximate surface area is 118 Å². The summed E-state index contributed by atoms with van der Waals surface area (Å²) in [5, 5.41) is 3.32. The van der Waals surface area contributed by atoms with Gasteiger partial charge < -0.3 is 5.32 Å². The van der Waals surface area contributed by atoms with E-state index in [0.29, 0.717) is 0 Å². The second-order valence-corrected chi connectivity index (χ2v) is 6.63. The van der Waals surface area contributed by atoms with Crippen molar-refractivity contribution < 1.29 is 9.59 Å². The molecule has 2 fully saturated rings. The van der Waals surface area contributed by atoms with Crippen molar-refractivity contribution in [3.05, 3.63) is 29.3 Å². The van der Waals surface area contributed by atoms with Gasteiger partial charge in [0, 0.05) is 6.54 Å². The zero-order valence-corrected chi connectivity index (χ0v) is 11.8. The van der Waals surface area contributed by atoms with Gasteiger partial charge in [-0.25, -0.2) is 4.90 Å². The Hall–Kier alpha value is -1.68. The summed E-state index contributed by atoms with van der Waals surface area (Å²) < 4.78 is 0. The highest BCUT2D eigenvalue weighted by atomic mass is 16.2. The molecule has 1 N–H and O–H groups in total. The molecule has 2 unspecified atom stereocenters. The fourth-order valence-electron chi connectivity index (χ4n) is 3.91. The first kappa shape index (κ1) is 12.1. The highest BCUT2D eigenvalue weighted by molar-refractivity contribution is 6.26. The molecule has 0 aromatic heterocycles. The first-order valence-electron chi connectivity index (χ1n) is 7.23. The van der Waals surface area contributed by atoms with Crippen LogP contribution in [-0.4, -0.2) is 18.4 Å². The number of rotatable bonds is 1. The summed E-state index contributed by atoms with van der Waals surface area (Å²) in [5.41, 5.74) is 3.05. The first-order chi connectivity index (χ1) is 9.53. The van der Waals surface area contributed by atoms with Crippen molar-refractivity contribution in [1.82, 2.24) is 5.32 Å². The van der Waals surface area contributed by atoms with Crippen molar-refractivity contribution >= 4 is 17.5 Å². The number of carbonyl (C=O) groups excluding carboxylic acids is 2. The molecule has 2 atom stereocenters. The number of nitrogens with one attached hydrogen (secondary N) is 1. The van der Waals surface area contributed by atoms with Crippen molar-refractivity contribution in [3.8, 4) is 0 Å². The topological polar surface area (TPSA) is 49.4 Å². The lowest BCUT2D eigenvalue weighted by atomic mass is 9.97. The van der Waals surface area contributed by atoms with E-state index in [4.69, 9.17) is 0 Å². The Balaban J connectivity index is 1.77. The number of nitrogens with zero attached hydrogens (tertiary/aromatic N) is 1. The predicted molar refractivity (Wildman–Crippen MR) is 75.1 cm³/mol. The van der Waals surface area contributed by atoms with Crippen LogP contribution in [0.3, 0.4) is 0 Å². The van der Waals surface area contributed by atoms with Gasteiger partial charge in [0.25, 0.3) is 0 Å². The third-order valence-corrected chi connectivity index (χ3v) is 5.16. The maximum Gasteiger partial charge on any atom is 0.238 e. The second kappa shape index (κ2) is 3.70. The molecule has 3 aliphatic rings. The van der Waals surface area contributed by atoms with E-state index in [1.807, 2.05) is 26.0 Å². The highest BCUT2D eigenvalue weighted by Gasteiger charge is 2.72. The lowest BCUT2D eigenvalue weighted by Gasteiger charge is -2.26. The number of carbonyl (C=O) groups is 2. The minimum absolute atomic E-state index is 0.00284. The average molecular weight is 270 g/mol. The van der Waals surface area contributed by atoms with Crippen molar-refractivity contribution in [2.45, 2.75) is 26.8 Å². The SMILES string of the molecule is CC1(C)C2C(=O)N(c3cccc4c3CCNC4)C(=O)C21. The Morgan fingerprint density at radius 2 is 1.90 bits per heavy atom. The summed E-state index contributed by atoms with van der Waals surface area (Å²) >= 11 is 0. The van der Waals surface area contributed by atoms with Crippen LogP contribution in [0.5, 0.6) is 0 Å². The summed E-state index contributed by atoms with van der Waals surface area (Å²) in [6.45, 7) is 5.75. The molecule has 1 aliphatic carbocycles. The van der Waals surface area contributed by atoms with Crippen molar-refractivity contribution in [2.75, 3.05) is 11.4 Å². The molecule has 20 heavy (non-hydrogen) atoms. The summed E-state index contributed by atoms with van der Waals surface area (Å²) in [6, 6.07) is 5.93. The molecule has 0 bridgehead atoms. The lowest BCUT2D eigenvalue weighted by molar-refractivity contribution is -0.125. The van der Waals surface area contributed by atoms with Crippen LogP contribution in [0.15, 0.2) is 18.2 Å². The fourth-order valence-corrected chi connectivity index (χ4v) is 3.91. The standard InChI is InChI=1S/C16H18N2O2/c1-16(2)12-13(16)15(20)18(14(12)19)11-5-3-4-9-8-17-7-6-10(9)11/h3-5,12-13,17H,6-8H2,1-2H3. The molecule has 2 heterocycles. The number of benzene rings is 1. The Morgan fingerprint density at radius 1 is 1.20 bits per heavy atom. The summed E-state index contributed by atoms with van der Waals surface area (Å²) in [4.78, 5) is 26.5. The number of fused-ring (bicyclic) bond motifs is 2. The third-order valence-electron chi connectivity index (χ3n) is 5.16. The van der Waals surface area contributed by atoms with E-state index in [1.165, 1.54) is 10.5 Å². The molecule has 0 spiro atoms. The average Bonchev–Trinajstić information content (AvgIpc) is 2.89. The van der Waals surface area contributed by atoms with Crippen molar-refractivity contribution in [3.63, 3.8) is 0 Å². The zero-order valence-electron chi connectivity index (χ0n) is 11.8. The van der Waals surface area contributed by atoms with E-state index in [-0.39, 0.29) is 29.1 Å². The molecule has 0 radical (unpaired) electrons. The van der Waals surface area contributed by atoms with E-state index in [2.05, 4.69) is 11.4 Å². The van der Waals surface area contributed by atoms with Crippen molar-refractivity contribution in [1.29, 1.82) is 0 Å². The first-order valence-corrected chi connectivity index (χ1v) is 7.23. The molecule has 2 amide bonds. The number of hydrogen-bond donors (Lipinski definition) is 1. The van der Waals surface area contributed by atoms with E-state index >= 15 is 0 Å². The van der Waals surface area contributed by atoms with Crippen LogP contribution in [-0.2, 0) is 22.6 Å². The number of piperidine rings is 1. The van der Waals surface area contributed by atoms with E-state index < -0.39 is 0 Å². The van der Waals surface area contributed by atoms with E-state index in [0.717, 1.165) is 30.8 Å². The van der Waals surface area contributed by atoms with E-state index in [1.54, 1.807) is 0 Å². The molecule has 1 saturated heterocycles. The normalized spacial score (nSPS) is 30.2. The second-order valence-electron chi connectivity index (χ2n) is 6.63. The molecule has 1 aromatic carbocycles. The smallest absolute Gasteiger partial charge is 0.238 e. The number of imide groups is 1. The quantitative estimate of drug-likeness (QED) is 0.786. The minimum atomic E-state index is -0.138. The number of amides is 2. The Morgan fingerprint density at radius 3 is 2.60 bits per heavy atom. The molecule has 4 nitrogen and oxygen atoms in total. The maximum atomic E-state index is 12.5. The van der Waals surface area contributed by atoms with Crippen LogP contribution in [0.25, 0.3) is 0 Å². The van der Waals surface area contributed by atoms with Gasteiger partial charge in [-0.2, -0.15) is 0 Å². The summed E-state index contributed by atoms with van der Waals surface area (Å²) in [6.07, 6.45) is 0.876. The fraction of sp³-hybridized carbons (Fsp3) is 0.500. The van der Waals surface area contributed by atoms with Gasteiger partial charge in [0.1, 0.15) is 0 Å². The third kappa shape index (κ3) is 1.35. The van der Waals surface area contributed by atoms with Gasteiger partial charge in [-0.1, -0.05) is 26.0 Å². The van der Waals surface area contributed by atoms with Gasteiger partial charge in [-0.3, -0.25) is 9.59 Å². The number of anilines is 1. The lowest BCUT2D eigenvalue weighted by Crippen LogP contribution is -2.38. The molecular formula is C16H18N2O2. The van der Waals surface area contributed by atoms with Gasteiger partial charge in [0.05, 0.1) is 17.5 Å². The van der Waals surface area contributed by atoms with Gasteiger partial charge in [0.15, 0.2) is 0 Å². The van der Waals surface area contributed by atoms with Crippen molar-refractivity contribution in [2.24, 2.45) is 17.3 Å². The van der Waals surface area contributed by atoms with Gasteiger partial charge in [-0.15, -0.1) is 0 Å². The van der Waals surface area contributed by atoms with Crippen LogP contribution < -0.4 is 10.2 Å². The van der Waals surface area contributed by atoms with Crippen LogP contribution in [0.4, 0.5) is 5.69 Å². The predicted octanol–water partition coefficient (Wildman–Crippen LogP) is 1.48. The van der Waals surface area contributed by atoms with Crippen LogP contribution >= 0.6 is 0 Å². The van der Waals surface area contributed by atoms with Gasteiger partial charge in [-0.05, 0) is 35.6 Å². The molecule has 104 valence electrons. The van der Waals surface area contributed by atoms with Crippen LogP contribution in [0.2, 0.25) is 0 Å². The highest BCUT2D eigenvalue weighted by Crippen LogP contribution is 2.63. The van der Waals surface area contributed by atoms with Crippen LogP contribution in [0.1, 0.15) is 25.0 Å². The Bertz CT molecular complexity index is 611. The number of hydrogen-bond acceptors (Lipinski definition) is 3. The maximum absolute atomic E-state index is 12.5. The molecule has 1 aromatic rings. The molecule has 2 aliphatic heterocycles. The van der Waals surface area contributed by atoms with E-state index in [9.17, 15) is 9.59 Å². The molecule has 4 rings (SSSR count). The van der Waals surface area contributed by atoms with Crippen LogP contribution in [0, 0.1) is 17.3 Å². The monoisotopic (exact) mass is 270 g/mol. The molecule has 1 saturated carbocycles. The van der Waals surface area contributed by atoms with Gasteiger partial charge in [0.2, 0.25) is 11.8 Å².